The van der Waals surface area contributed by atoms with Gasteiger partial charge in [-0.3, -0.25) is 19.2 Å². The molecule has 4 aliphatic heterocycles. The molecular formula is C37H51N3O8. The van der Waals surface area contributed by atoms with Gasteiger partial charge in [-0.15, -0.1) is 0 Å². The number of rotatable bonds is 10. The summed E-state index contributed by atoms with van der Waals surface area (Å²) < 4.78 is 18.4. The Morgan fingerprint density at radius 2 is 1.83 bits per heavy atom. The van der Waals surface area contributed by atoms with E-state index < -0.39 is 59.6 Å². The van der Waals surface area contributed by atoms with E-state index in [0.717, 1.165) is 12.8 Å². The van der Waals surface area contributed by atoms with Gasteiger partial charge in [0.15, 0.2) is 0 Å². The van der Waals surface area contributed by atoms with E-state index in [1.807, 2.05) is 63.3 Å². The summed E-state index contributed by atoms with van der Waals surface area (Å²) in [5, 5.41) is 13.7. The van der Waals surface area contributed by atoms with Crippen molar-refractivity contribution < 1.29 is 38.5 Å². The SMILES string of the molecule is CCCC(C)N1C/C=C\CCC(=O)N[C@@H](COC)[C@H](c2ccccc2)OC(=O)[C@@H]2[C@H]3C(=O)N([C@@H](CO)CC(C)C)[C@H](C1=O)[C@]31C=C[C@H]2O1. The summed E-state index contributed by atoms with van der Waals surface area (Å²) in [7, 11) is 1.52. The van der Waals surface area contributed by atoms with E-state index in [0.29, 0.717) is 18.4 Å². The van der Waals surface area contributed by atoms with Crippen LogP contribution in [0.5, 0.6) is 0 Å². The van der Waals surface area contributed by atoms with Crippen LogP contribution in [0.1, 0.15) is 71.5 Å². The van der Waals surface area contributed by atoms with Gasteiger partial charge in [0.1, 0.15) is 23.7 Å². The molecule has 1 aromatic carbocycles. The first-order valence-corrected chi connectivity index (χ1v) is 17.4. The topological polar surface area (TPSA) is 135 Å². The quantitative estimate of drug-likeness (QED) is 0.287. The number of esters is 1. The van der Waals surface area contributed by atoms with E-state index in [1.54, 1.807) is 17.1 Å². The highest BCUT2D eigenvalue weighted by Crippen LogP contribution is 2.56. The molecule has 0 aromatic heterocycles. The van der Waals surface area contributed by atoms with Crippen molar-refractivity contribution in [3.8, 4) is 0 Å². The van der Waals surface area contributed by atoms with E-state index in [4.69, 9.17) is 14.2 Å². The molecule has 4 heterocycles. The van der Waals surface area contributed by atoms with Crippen molar-refractivity contribution in [3.63, 3.8) is 0 Å². The Labute approximate surface area is 283 Å². The van der Waals surface area contributed by atoms with Gasteiger partial charge in [-0.2, -0.15) is 0 Å². The Kier molecular flexibility index (Phi) is 11.4. The predicted octanol–water partition coefficient (Wildman–Crippen LogP) is 3.33. The minimum Gasteiger partial charge on any atom is -0.455 e. The van der Waals surface area contributed by atoms with Crippen LogP contribution in [0.15, 0.2) is 54.6 Å². The summed E-state index contributed by atoms with van der Waals surface area (Å²) in [5.41, 5.74) is -0.748. The predicted molar refractivity (Wildman–Crippen MR) is 178 cm³/mol. The lowest BCUT2D eigenvalue weighted by Gasteiger charge is -2.40. The van der Waals surface area contributed by atoms with E-state index in [1.165, 1.54) is 12.0 Å². The first-order chi connectivity index (χ1) is 23.1. The normalized spacial score (nSPS) is 32.7. The molecule has 0 aliphatic carbocycles. The molecule has 2 N–H and O–H groups in total. The monoisotopic (exact) mass is 665 g/mol. The van der Waals surface area contributed by atoms with Crippen LogP contribution in [-0.4, -0.2) is 101 Å². The molecule has 4 aliphatic rings. The number of fused-ring (bicyclic) bond motifs is 2. The van der Waals surface area contributed by atoms with Gasteiger partial charge in [-0.05, 0) is 37.7 Å². The Balaban J connectivity index is 1.63. The van der Waals surface area contributed by atoms with E-state index in [9.17, 15) is 24.3 Å². The third-order valence-corrected chi connectivity index (χ3v) is 10.1. The highest BCUT2D eigenvalue weighted by molar-refractivity contribution is 5.99. The van der Waals surface area contributed by atoms with Gasteiger partial charge in [0, 0.05) is 26.1 Å². The number of methoxy groups -OCH3 is 1. The molecule has 5 rings (SSSR count). The lowest BCUT2D eigenvalue weighted by atomic mass is 9.74. The second kappa shape index (κ2) is 15.3. The Hall–Kier alpha value is -3.54. The van der Waals surface area contributed by atoms with Gasteiger partial charge in [0.2, 0.25) is 17.7 Å². The number of ether oxygens (including phenoxy) is 3. The number of carbonyl (C=O) groups is 4. The van der Waals surface area contributed by atoms with Crippen LogP contribution in [-0.2, 0) is 33.4 Å². The zero-order chi connectivity index (χ0) is 34.6. The fourth-order valence-corrected chi connectivity index (χ4v) is 8.00. The molecular weight excluding hydrogens is 614 g/mol. The molecule has 1 spiro atoms. The van der Waals surface area contributed by atoms with Gasteiger partial charge < -0.3 is 34.4 Å². The number of likely N-dealkylation sites (tertiary alicyclic amines) is 1. The van der Waals surface area contributed by atoms with Crippen molar-refractivity contribution in [3.05, 3.63) is 60.2 Å². The van der Waals surface area contributed by atoms with Crippen molar-refractivity contribution in [2.24, 2.45) is 17.8 Å². The number of benzene rings is 1. The summed E-state index contributed by atoms with van der Waals surface area (Å²) in [6.45, 7) is 8.07. The molecule has 9 atom stereocenters. The van der Waals surface area contributed by atoms with Crippen molar-refractivity contribution in [2.75, 3.05) is 26.9 Å². The lowest BCUT2D eigenvalue weighted by Crippen LogP contribution is -2.60. The molecule has 11 heteroatoms. The number of amides is 3. The molecule has 0 saturated carbocycles. The average Bonchev–Trinajstić information content (AvgIpc) is 3.71. The zero-order valence-electron chi connectivity index (χ0n) is 28.7. The number of hydrogen-bond acceptors (Lipinski definition) is 8. The van der Waals surface area contributed by atoms with E-state index in [2.05, 4.69) is 12.2 Å². The number of hydrogen-bond donors (Lipinski definition) is 2. The van der Waals surface area contributed by atoms with Crippen LogP contribution in [0, 0.1) is 17.8 Å². The minimum atomic E-state index is -1.41. The van der Waals surface area contributed by atoms with Gasteiger partial charge in [-0.1, -0.05) is 81.8 Å². The molecule has 2 saturated heterocycles. The van der Waals surface area contributed by atoms with Gasteiger partial charge in [0.25, 0.3) is 0 Å². The number of aliphatic hydroxyl groups excluding tert-OH is 1. The highest BCUT2D eigenvalue weighted by Gasteiger charge is 2.74. The standard InChI is InChI=1S/C37H51N3O8/c1-6-13-24(4)39-19-12-8-11-16-29(42)38-27(22-46-5)32(25-14-9-7-10-15-25)47-36(45)30-28-17-18-37(48-28)31(30)34(43)40(33(37)35(39)44)26(21-41)20-23(2)3/h7-10,12,14-15,17-18,23-24,26-28,30-33,41H,6,11,13,16,19-22H2,1-5H3,(H,38,42)/b12-8-/t24?,26-,27+,28-,30+,31+,32+,33-,37+/m1/s1. The molecule has 3 amide bonds. The summed E-state index contributed by atoms with van der Waals surface area (Å²) in [5.74, 6) is -3.53. The number of allylic oxidation sites excluding steroid dienone is 1. The summed E-state index contributed by atoms with van der Waals surface area (Å²) in [4.78, 5) is 60.4. The van der Waals surface area contributed by atoms with Crippen LogP contribution in [0.4, 0.5) is 0 Å². The van der Waals surface area contributed by atoms with Crippen LogP contribution < -0.4 is 5.32 Å². The maximum Gasteiger partial charge on any atom is 0.313 e. The van der Waals surface area contributed by atoms with Crippen LogP contribution in [0.3, 0.4) is 0 Å². The van der Waals surface area contributed by atoms with Gasteiger partial charge >= 0.3 is 5.97 Å². The number of nitrogens with zero attached hydrogens (tertiary/aromatic N) is 2. The number of aliphatic hydroxyl groups is 1. The first-order valence-electron chi connectivity index (χ1n) is 17.4. The summed E-state index contributed by atoms with van der Waals surface area (Å²) >= 11 is 0. The lowest BCUT2D eigenvalue weighted by molar-refractivity contribution is -0.163. The molecule has 0 radical (unpaired) electrons. The Bertz CT molecular complexity index is 1380. The summed E-state index contributed by atoms with van der Waals surface area (Å²) in [6.07, 6.45) is 8.29. The molecule has 1 aromatic rings. The average molecular weight is 666 g/mol. The molecule has 262 valence electrons. The first kappa shape index (κ1) is 35.8. The second-order valence-electron chi connectivity index (χ2n) is 13.9. The van der Waals surface area contributed by atoms with Crippen molar-refractivity contribution in [1.82, 2.24) is 15.1 Å². The molecule has 2 fully saturated rings. The second-order valence-corrected chi connectivity index (χ2v) is 13.9. The third-order valence-electron chi connectivity index (χ3n) is 10.1. The number of nitrogens with one attached hydrogen (secondary N) is 1. The van der Waals surface area contributed by atoms with Crippen molar-refractivity contribution in [1.29, 1.82) is 0 Å². The molecule has 1 unspecified atom stereocenters. The third kappa shape index (κ3) is 6.82. The van der Waals surface area contributed by atoms with Crippen LogP contribution in [0.2, 0.25) is 0 Å². The maximum absolute atomic E-state index is 14.9. The van der Waals surface area contributed by atoms with Crippen molar-refractivity contribution >= 4 is 23.7 Å². The van der Waals surface area contributed by atoms with Crippen LogP contribution >= 0.6 is 0 Å². The minimum absolute atomic E-state index is 0.0766. The maximum atomic E-state index is 14.9. The van der Waals surface area contributed by atoms with Gasteiger partial charge in [-0.25, -0.2) is 0 Å². The molecule has 48 heavy (non-hydrogen) atoms. The van der Waals surface area contributed by atoms with Crippen molar-refractivity contribution in [2.45, 2.75) is 102 Å². The Morgan fingerprint density at radius 3 is 2.50 bits per heavy atom. The van der Waals surface area contributed by atoms with Gasteiger partial charge in [0.05, 0.1) is 37.3 Å². The Morgan fingerprint density at radius 1 is 1.08 bits per heavy atom. The van der Waals surface area contributed by atoms with E-state index in [-0.39, 0.29) is 50.0 Å². The smallest absolute Gasteiger partial charge is 0.313 e. The molecule has 5 bridgehead atoms. The van der Waals surface area contributed by atoms with Crippen LogP contribution in [0.25, 0.3) is 0 Å². The zero-order valence-corrected chi connectivity index (χ0v) is 28.7. The fourth-order valence-electron chi connectivity index (χ4n) is 8.00. The largest absolute Gasteiger partial charge is 0.455 e. The molecule has 11 nitrogen and oxygen atoms in total. The fraction of sp³-hybridized carbons (Fsp3) is 0.622. The number of cyclic esters (lactones) is 1. The number of carbonyl (C=O) groups excluding carboxylic acids is 4. The highest BCUT2D eigenvalue weighted by atomic mass is 16.6. The summed E-state index contributed by atoms with van der Waals surface area (Å²) in [6, 6.07) is 6.53. The van der Waals surface area contributed by atoms with E-state index >= 15 is 0 Å².